The van der Waals surface area contributed by atoms with Crippen molar-refractivity contribution >= 4 is 5.91 Å². The second kappa shape index (κ2) is 6.21. The van der Waals surface area contributed by atoms with Crippen molar-refractivity contribution in [3.05, 3.63) is 0 Å². The number of hydrogen-bond donors (Lipinski definition) is 2. The van der Waals surface area contributed by atoms with Crippen LogP contribution in [0.2, 0.25) is 0 Å². The first-order chi connectivity index (χ1) is 7.64. The van der Waals surface area contributed by atoms with E-state index in [1.54, 1.807) is 7.11 Å². The molecule has 94 valence electrons. The van der Waals surface area contributed by atoms with Crippen molar-refractivity contribution in [2.45, 2.75) is 45.1 Å². The van der Waals surface area contributed by atoms with Crippen LogP contribution in [-0.2, 0) is 9.53 Å². The van der Waals surface area contributed by atoms with Gasteiger partial charge in [-0.3, -0.25) is 4.79 Å². The third-order valence-corrected chi connectivity index (χ3v) is 3.67. The first-order valence-corrected chi connectivity index (χ1v) is 6.17. The van der Waals surface area contributed by atoms with E-state index in [4.69, 9.17) is 10.5 Å². The number of primary amides is 1. The Balaban J connectivity index is 2.46. The summed E-state index contributed by atoms with van der Waals surface area (Å²) in [4.78, 5) is 11.5. The van der Waals surface area contributed by atoms with Crippen LogP contribution in [0.25, 0.3) is 0 Å². The van der Waals surface area contributed by atoms with Gasteiger partial charge in [0, 0.05) is 19.7 Å². The van der Waals surface area contributed by atoms with Crippen LogP contribution in [0.1, 0.15) is 39.0 Å². The molecule has 0 aromatic rings. The van der Waals surface area contributed by atoms with Crippen molar-refractivity contribution in [3.8, 4) is 0 Å². The number of carbonyl (C=O) groups excluding carboxylic acids is 1. The third-order valence-electron chi connectivity index (χ3n) is 3.67. The minimum atomic E-state index is -0.304. The molecule has 1 aliphatic carbocycles. The lowest BCUT2D eigenvalue weighted by Crippen LogP contribution is -2.46. The van der Waals surface area contributed by atoms with E-state index in [9.17, 15) is 4.79 Å². The molecule has 1 saturated carbocycles. The minimum Gasteiger partial charge on any atom is -0.383 e. The maximum Gasteiger partial charge on any atom is 0.224 e. The Morgan fingerprint density at radius 1 is 1.50 bits per heavy atom. The molecule has 0 aromatic carbocycles. The summed E-state index contributed by atoms with van der Waals surface area (Å²) in [6, 6.07) is 0.321. The number of nitrogens with two attached hydrogens (primary N) is 1. The zero-order valence-electron chi connectivity index (χ0n) is 10.4. The van der Waals surface area contributed by atoms with Crippen LogP contribution in [0.5, 0.6) is 0 Å². The molecule has 1 amide bonds. The van der Waals surface area contributed by atoms with Crippen molar-refractivity contribution in [1.29, 1.82) is 0 Å². The molecule has 4 nitrogen and oxygen atoms in total. The van der Waals surface area contributed by atoms with Gasteiger partial charge in [-0.05, 0) is 19.3 Å². The largest absolute Gasteiger partial charge is 0.383 e. The molecule has 1 aliphatic rings. The second-order valence-corrected chi connectivity index (χ2v) is 4.79. The van der Waals surface area contributed by atoms with Gasteiger partial charge in [-0.2, -0.15) is 0 Å². The van der Waals surface area contributed by atoms with E-state index < -0.39 is 0 Å². The predicted octanol–water partition coefficient (Wildman–Crippen LogP) is 1.05. The van der Waals surface area contributed by atoms with E-state index in [-0.39, 0.29) is 11.3 Å². The molecular weight excluding hydrogens is 204 g/mol. The van der Waals surface area contributed by atoms with E-state index in [1.807, 2.05) is 0 Å². The fraction of sp³-hybridized carbons (Fsp3) is 0.917. The molecule has 0 saturated heterocycles. The summed E-state index contributed by atoms with van der Waals surface area (Å²) in [5, 5.41) is 3.41. The SMILES string of the molecule is CCC(COC)NCC1(C(N)=O)CCCC1. The molecule has 0 radical (unpaired) electrons. The van der Waals surface area contributed by atoms with E-state index in [1.165, 1.54) is 0 Å². The van der Waals surface area contributed by atoms with Crippen molar-refractivity contribution in [3.63, 3.8) is 0 Å². The van der Waals surface area contributed by atoms with Gasteiger partial charge in [0.05, 0.1) is 12.0 Å². The number of rotatable bonds is 7. The van der Waals surface area contributed by atoms with E-state index in [2.05, 4.69) is 12.2 Å². The normalized spacial score (nSPS) is 20.9. The van der Waals surface area contributed by atoms with Crippen molar-refractivity contribution in [1.82, 2.24) is 5.32 Å². The summed E-state index contributed by atoms with van der Waals surface area (Å²) in [6.07, 6.45) is 5.09. The van der Waals surface area contributed by atoms with Crippen LogP contribution in [0.3, 0.4) is 0 Å². The second-order valence-electron chi connectivity index (χ2n) is 4.79. The molecule has 1 atom stereocenters. The number of hydrogen-bond acceptors (Lipinski definition) is 3. The van der Waals surface area contributed by atoms with Crippen molar-refractivity contribution in [2.24, 2.45) is 11.1 Å². The van der Waals surface area contributed by atoms with Gasteiger partial charge in [0.25, 0.3) is 0 Å². The van der Waals surface area contributed by atoms with Gasteiger partial charge in [0.2, 0.25) is 5.91 Å². The van der Waals surface area contributed by atoms with E-state index in [0.29, 0.717) is 19.2 Å². The van der Waals surface area contributed by atoms with Crippen LogP contribution >= 0.6 is 0 Å². The Hall–Kier alpha value is -0.610. The topological polar surface area (TPSA) is 64.3 Å². The highest BCUT2D eigenvalue weighted by Crippen LogP contribution is 2.37. The molecule has 0 spiro atoms. The summed E-state index contributed by atoms with van der Waals surface area (Å²) in [6.45, 7) is 3.50. The fourth-order valence-electron chi connectivity index (χ4n) is 2.42. The Morgan fingerprint density at radius 3 is 2.56 bits per heavy atom. The first kappa shape index (κ1) is 13.5. The zero-order chi connectivity index (χ0) is 12.0. The molecule has 0 heterocycles. The van der Waals surface area contributed by atoms with Gasteiger partial charge in [-0.25, -0.2) is 0 Å². The molecule has 0 bridgehead atoms. The molecule has 0 aliphatic heterocycles. The van der Waals surface area contributed by atoms with Gasteiger partial charge in [0.15, 0.2) is 0 Å². The first-order valence-electron chi connectivity index (χ1n) is 6.17. The van der Waals surface area contributed by atoms with Crippen molar-refractivity contribution < 1.29 is 9.53 Å². The number of nitrogens with one attached hydrogen (secondary N) is 1. The molecule has 0 aromatic heterocycles. The monoisotopic (exact) mass is 228 g/mol. The highest BCUT2D eigenvalue weighted by atomic mass is 16.5. The minimum absolute atomic E-state index is 0.148. The average molecular weight is 228 g/mol. The lowest BCUT2D eigenvalue weighted by Gasteiger charge is -2.28. The Labute approximate surface area is 97.9 Å². The van der Waals surface area contributed by atoms with Crippen LogP contribution in [0.15, 0.2) is 0 Å². The summed E-state index contributed by atoms with van der Waals surface area (Å²) < 4.78 is 5.12. The Bertz CT molecular complexity index is 225. The smallest absolute Gasteiger partial charge is 0.224 e. The van der Waals surface area contributed by atoms with E-state index in [0.717, 1.165) is 32.1 Å². The third kappa shape index (κ3) is 3.19. The molecule has 1 rings (SSSR count). The Kier molecular flexibility index (Phi) is 5.22. The van der Waals surface area contributed by atoms with E-state index >= 15 is 0 Å². The van der Waals surface area contributed by atoms with Gasteiger partial charge in [-0.1, -0.05) is 19.8 Å². The molecule has 3 N–H and O–H groups in total. The van der Waals surface area contributed by atoms with Crippen LogP contribution < -0.4 is 11.1 Å². The predicted molar refractivity (Wildman–Crippen MR) is 64.1 cm³/mol. The van der Waals surface area contributed by atoms with Gasteiger partial charge in [0.1, 0.15) is 0 Å². The lowest BCUT2D eigenvalue weighted by atomic mass is 9.85. The average Bonchev–Trinajstić information content (AvgIpc) is 2.74. The van der Waals surface area contributed by atoms with Gasteiger partial charge in [-0.15, -0.1) is 0 Å². The standard InChI is InChI=1S/C12H24N2O2/c1-3-10(8-16-2)14-9-12(11(13)15)6-4-5-7-12/h10,14H,3-9H2,1-2H3,(H2,13,15). The summed E-state index contributed by atoms with van der Waals surface area (Å²) in [5.74, 6) is -0.148. The Morgan fingerprint density at radius 2 is 2.12 bits per heavy atom. The quantitative estimate of drug-likeness (QED) is 0.684. The lowest BCUT2D eigenvalue weighted by molar-refractivity contribution is -0.127. The number of ether oxygens (including phenoxy) is 1. The zero-order valence-corrected chi connectivity index (χ0v) is 10.4. The maximum absolute atomic E-state index is 11.5. The number of amides is 1. The van der Waals surface area contributed by atoms with Crippen LogP contribution in [0, 0.1) is 5.41 Å². The van der Waals surface area contributed by atoms with Gasteiger partial charge < -0.3 is 15.8 Å². The molecular formula is C12H24N2O2. The summed E-state index contributed by atoms with van der Waals surface area (Å²) >= 11 is 0. The molecule has 4 heteroatoms. The molecule has 16 heavy (non-hydrogen) atoms. The molecule has 1 unspecified atom stereocenters. The summed E-state index contributed by atoms with van der Waals surface area (Å²) in [5.41, 5.74) is 5.22. The number of methoxy groups -OCH3 is 1. The summed E-state index contributed by atoms with van der Waals surface area (Å²) in [7, 11) is 1.70. The van der Waals surface area contributed by atoms with Crippen LogP contribution in [-0.4, -0.2) is 32.2 Å². The number of carbonyl (C=O) groups is 1. The highest BCUT2D eigenvalue weighted by molar-refractivity contribution is 5.81. The van der Waals surface area contributed by atoms with Gasteiger partial charge >= 0.3 is 0 Å². The van der Waals surface area contributed by atoms with Crippen LogP contribution in [0.4, 0.5) is 0 Å². The molecule has 1 fully saturated rings. The fourth-order valence-corrected chi connectivity index (χ4v) is 2.42. The highest BCUT2D eigenvalue weighted by Gasteiger charge is 2.39. The van der Waals surface area contributed by atoms with Crippen molar-refractivity contribution in [2.75, 3.05) is 20.3 Å². The maximum atomic E-state index is 11.5.